The molecule has 0 aliphatic rings. The van der Waals surface area contributed by atoms with Gasteiger partial charge in [-0.2, -0.15) is 0 Å². The number of rotatable bonds is 6. The highest BCUT2D eigenvalue weighted by Gasteiger charge is 2.02. The Kier molecular flexibility index (Phi) is 6.08. The predicted molar refractivity (Wildman–Crippen MR) is 71.1 cm³/mol. The van der Waals surface area contributed by atoms with E-state index in [4.69, 9.17) is 0 Å². The zero-order valence-corrected chi connectivity index (χ0v) is 11.2. The van der Waals surface area contributed by atoms with E-state index in [1.54, 1.807) is 13.1 Å². The first-order valence-corrected chi connectivity index (χ1v) is 6.07. The molecule has 0 atom stereocenters. The van der Waals surface area contributed by atoms with Gasteiger partial charge in [0.2, 0.25) is 0 Å². The fourth-order valence-electron chi connectivity index (χ4n) is 1.61. The molecule has 0 bridgehead atoms. The second-order valence-electron chi connectivity index (χ2n) is 3.97. The van der Waals surface area contributed by atoms with Crippen LogP contribution in [0.1, 0.15) is 25.1 Å². The summed E-state index contributed by atoms with van der Waals surface area (Å²) in [6.07, 6.45) is 4.59. The van der Waals surface area contributed by atoms with Crippen LogP contribution in [0.15, 0.2) is 30.0 Å². The Balaban J connectivity index is 2.45. The van der Waals surface area contributed by atoms with Crippen LogP contribution in [-0.2, 0) is 22.5 Å². The standard InChI is InChI=1S/C14H20N2O2/c1-4-12-6-5-8-16-13(12)10-15-9-7-11(2)14(17)18-3/h5-8,15H,4,9-10H2,1-3H3/b11-7-. The lowest BCUT2D eigenvalue weighted by Gasteiger charge is -2.06. The van der Waals surface area contributed by atoms with E-state index >= 15 is 0 Å². The number of nitrogens with one attached hydrogen (secondary N) is 1. The van der Waals surface area contributed by atoms with Gasteiger partial charge in [-0.1, -0.05) is 19.1 Å². The molecule has 98 valence electrons. The zero-order chi connectivity index (χ0) is 13.4. The topological polar surface area (TPSA) is 51.2 Å². The molecular formula is C14H20N2O2. The molecule has 0 unspecified atom stereocenters. The number of methoxy groups -OCH3 is 1. The quantitative estimate of drug-likeness (QED) is 0.474. The minimum Gasteiger partial charge on any atom is -0.466 e. The predicted octanol–water partition coefficient (Wildman–Crippen LogP) is 1.85. The van der Waals surface area contributed by atoms with Gasteiger partial charge in [-0.25, -0.2) is 4.79 Å². The van der Waals surface area contributed by atoms with Crippen molar-refractivity contribution < 1.29 is 9.53 Å². The number of esters is 1. The number of ether oxygens (including phenoxy) is 1. The summed E-state index contributed by atoms with van der Waals surface area (Å²) in [5, 5.41) is 3.24. The van der Waals surface area contributed by atoms with Gasteiger partial charge in [-0.05, 0) is 25.0 Å². The van der Waals surface area contributed by atoms with Gasteiger partial charge >= 0.3 is 5.97 Å². The van der Waals surface area contributed by atoms with E-state index < -0.39 is 0 Å². The number of nitrogens with zero attached hydrogens (tertiary/aromatic N) is 1. The highest BCUT2D eigenvalue weighted by Crippen LogP contribution is 2.05. The van der Waals surface area contributed by atoms with Crippen LogP contribution in [0.3, 0.4) is 0 Å². The summed E-state index contributed by atoms with van der Waals surface area (Å²) < 4.78 is 4.62. The summed E-state index contributed by atoms with van der Waals surface area (Å²) >= 11 is 0. The smallest absolute Gasteiger partial charge is 0.333 e. The third-order valence-electron chi connectivity index (χ3n) is 2.72. The Morgan fingerprint density at radius 3 is 3.00 bits per heavy atom. The molecule has 1 aromatic heterocycles. The fourth-order valence-corrected chi connectivity index (χ4v) is 1.61. The monoisotopic (exact) mass is 248 g/mol. The molecule has 0 radical (unpaired) electrons. The van der Waals surface area contributed by atoms with Crippen molar-refractivity contribution in [1.82, 2.24) is 10.3 Å². The first-order valence-electron chi connectivity index (χ1n) is 6.07. The summed E-state index contributed by atoms with van der Waals surface area (Å²) in [5.41, 5.74) is 2.92. The molecule has 0 aliphatic carbocycles. The largest absolute Gasteiger partial charge is 0.466 e. The number of aryl methyl sites for hydroxylation is 1. The minimum absolute atomic E-state index is 0.288. The maximum atomic E-state index is 11.1. The van der Waals surface area contributed by atoms with Gasteiger partial charge in [0.05, 0.1) is 12.8 Å². The van der Waals surface area contributed by atoms with Crippen molar-refractivity contribution in [3.63, 3.8) is 0 Å². The third kappa shape index (κ3) is 4.30. The van der Waals surface area contributed by atoms with E-state index in [-0.39, 0.29) is 5.97 Å². The van der Waals surface area contributed by atoms with Gasteiger partial charge in [0, 0.05) is 24.9 Å². The molecular weight excluding hydrogens is 228 g/mol. The van der Waals surface area contributed by atoms with Gasteiger partial charge < -0.3 is 10.1 Å². The summed E-state index contributed by atoms with van der Waals surface area (Å²) in [5.74, 6) is -0.288. The van der Waals surface area contributed by atoms with Crippen molar-refractivity contribution in [2.24, 2.45) is 0 Å². The maximum Gasteiger partial charge on any atom is 0.333 e. The Morgan fingerprint density at radius 2 is 2.33 bits per heavy atom. The number of hydrogen-bond donors (Lipinski definition) is 1. The lowest BCUT2D eigenvalue weighted by atomic mass is 10.1. The third-order valence-corrected chi connectivity index (χ3v) is 2.72. The second-order valence-corrected chi connectivity index (χ2v) is 3.97. The van der Waals surface area contributed by atoms with Gasteiger partial charge in [0.15, 0.2) is 0 Å². The molecule has 18 heavy (non-hydrogen) atoms. The van der Waals surface area contributed by atoms with Crippen molar-refractivity contribution in [2.75, 3.05) is 13.7 Å². The van der Waals surface area contributed by atoms with E-state index in [1.165, 1.54) is 12.7 Å². The van der Waals surface area contributed by atoms with Crippen molar-refractivity contribution in [1.29, 1.82) is 0 Å². The first-order chi connectivity index (χ1) is 8.69. The molecule has 1 heterocycles. The molecule has 0 saturated heterocycles. The van der Waals surface area contributed by atoms with Crippen LogP contribution in [0, 0.1) is 0 Å². The molecule has 4 heteroatoms. The van der Waals surface area contributed by atoms with Crippen LogP contribution in [0.25, 0.3) is 0 Å². The SMILES string of the molecule is CCc1cccnc1CNC/C=C(/C)C(=O)OC. The zero-order valence-electron chi connectivity index (χ0n) is 11.2. The van der Waals surface area contributed by atoms with Crippen LogP contribution in [0.5, 0.6) is 0 Å². The number of carbonyl (C=O) groups excluding carboxylic acids is 1. The van der Waals surface area contributed by atoms with Gasteiger partial charge in [-0.15, -0.1) is 0 Å². The Labute approximate surface area is 108 Å². The van der Waals surface area contributed by atoms with E-state index in [1.807, 2.05) is 12.1 Å². The first kappa shape index (κ1) is 14.4. The maximum absolute atomic E-state index is 11.1. The summed E-state index contributed by atoms with van der Waals surface area (Å²) in [4.78, 5) is 15.5. The van der Waals surface area contributed by atoms with E-state index in [0.717, 1.165) is 12.1 Å². The molecule has 1 rings (SSSR count). The van der Waals surface area contributed by atoms with Crippen LogP contribution < -0.4 is 5.32 Å². The molecule has 0 saturated carbocycles. The summed E-state index contributed by atoms with van der Waals surface area (Å²) in [7, 11) is 1.38. The summed E-state index contributed by atoms with van der Waals surface area (Å²) in [6, 6.07) is 4.03. The highest BCUT2D eigenvalue weighted by atomic mass is 16.5. The Hall–Kier alpha value is -1.68. The molecule has 0 fully saturated rings. The van der Waals surface area contributed by atoms with Crippen molar-refractivity contribution in [2.45, 2.75) is 26.8 Å². The normalized spacial score (nSPS) is 11.4. The molecule has 4 nitrogen and oxygen atoms in total. The second kappa shape index (κ2) is 7.61. The van der Waals surface area contributed by atoms with Crippen molar-refractivity contribution >= 4 is 5.97 Å². The number of hydrogen-bond acceptors (Lipinski definition) is 4. The average molecular weight is 248 g/mol. The fraction of sp³-hybridized carbons (Fsp3) is 0.429. The number of pyridine rings is 1. The summed E-state index contributed by atoms with van der Waals surface area (Å²) in [6.45, 7) is 5.18. The van der Waals surface area contributed by atoms with Crippen molar-refractivity contribution in [3.05, 3.63) is 41.2 Å². The van der Waals surface area contributed by atoms with Crippen LogP contribution in [-0.4, -0.2) is 24.6 Å². The number of aromatic nitrogens is 1. The van der Waals surface area contributed by atoms with E-state index in [2.05, 4.69) is 28.0 Å². The van der Waals surface area contributed by atoms with E-state index in [9.17, 15) is 4.79 Å². The van der Waals surface area contributed by atoms with E-state index in [0.29, 0.717) is 18.7 Å². The van der Waals surface area contributed by atoms with Gasteiger partial charge in [0.1, 0.15) is 0 Å². The molecule has 1 N–H and O–H groups in total. The molecule has 1 aromatic rings. The lowest BCUT2D eigenvalue weighted by molar-refractivity contribution is -0.136. The molecule has 0 amide bonds. The average Bonchev–Trinajstić information content (AvgIpc) is 2.42. The lowest BCUT2D eigenvalue weighted by Crippen LogP contribution is -2.16. The van der Waals surface area contributed by atoms with Gasteiger partial charge in [-0.3, -0.25) is 4.98 Å². The van der Waals surface area contributed by atoms with Crippen LogP contribution in [0.4, 0.5) is 0 Å². The minimum atomic E-state index is -0.288. The molecule has 0 aromatic carbocycles. The van der Waals surface area contributed by atoms with Crippen LogP contribution >= 0.6 is 0 Å². The Bertz CT molecular complexity index is 428. The molecule has 0 spiro atoms. The Morgan fingerprint density at radius 1 is 1.56 bits per heavy atom. The van der Waals surface area contributed by atoms with Gasteiger partial charge in [0.25, 0.3) is 0 Å². The highest BCUT2D eigenvalue weighted by molar-refractivity contribution is 5.87. The van der Waals surface area contributed by atoms with Crippen molar-refractivity contribution in [3.8, 4) is 0 Å². The number of carbonyl (C=O) groups is 1. The molecule has 0 aliphatic heterocycles. The van der Waals surface area contributed by atoms with Crippen LogP contribution in [0.2, 0.25) is 0 Å².